The number of nitrogens with one attached hydrogen (secondary N) is 1. The Hall–Kier alpha value is -2.20. The number of hydrogen-bond acceptors (Lipinski definition) is 8. The fourth-order valence-electron chi connectivity index (χ4n) is 3.88. The van der Waals surface area contributed by atoms with Crippen molar-refractivity contribution in [3.63, 3.8) is 0 Å². The van der Waals surface area contributed by atoms with Crippen molar-refractivity contribution in [1.82, 2.24) is 24.9 Å². The first kappa shape index (κ1) is 22.0. The highest BCUT2D eigenvalue weighted by Crippen LogP contribution is 2.40. The predicted molar refractivity (Wildman–Crippen MR) is 122 cm³/mol. The van der Waals surface area contributed by atoms with Crippen molar-refractivity contribution in [3.8, 4) is 0 Å². The molecule has 0 saturated carbocycles. The lowest BCUT2D eigenvalue weighted by Crippen LogP contribution is -2.31. The van der Waals surface area contributed by atoms with E-state index in [-0.39, 0.29) is 24.1 Å². The van der Waals surface area contributed by atoms with Gasteiger partial charge in [0.25, 0.3) is 0 Å². The van der Waals surface area contributed by atoms with Crippen LogP contribution in [0.5, 0.6) is 0 Å². The molecule has 166 valence electrons. The first-order valence-corrected chi connectivity index (χ1v) is 12.4. The van der Waals surface area contributed by atoms with Crippen molar-refractivity contribution >= 4 is 50.8 Å². The average Bonchev–Trinajstić information content (AvgIpc) is 3.30. The van der Waals surface area contributed by atoms with Crippen molar-refractivity contribution in [2.45, 2.75) is 58.0 Å². The molecule has 0 aromatic carbocycles. The Balaban J connectivity index is 1.64. The number of thioether (sulfide) groups is 1. The molecule has 1 amide bonds. The van der Waals surface area contributed by atoms with E-state index in [2.05, 4.69) is 36.3 Å². The van der Waals surface area contributed by atoms with Gasteiger partial charge in [0, 0.05) is 10.8 Å². The monoisotopic (exact) mass is 461 g/mol. The van der Waals surface area contributed by atoms with E-state index in [1.807, 2.05) is 4.40 Å². The van der Waals surface area contributed by atoms with Crippen LogP contribution in [0.3, 0.4) is 0 Å². The molecule has 1 atom stereocenters. The van der Waals surface area contributed by atoms with Crippen molar-refractivity contribution in [2.75, 3.05) is 18.9 Å². The van der Waals surface area contributed by atoms with E-state index in [0.717, 1.165) is 34.5 Å². The normalized spacial score (nSPS) is 16.1. The Morgan fingerprint density at radius 3 is 2.90 bits per heavy atom. The summed E-state index contributed by atoms with van der Waals surface area (Å²) in [6.45, 7) is 8.39. The molecule has 3 heterocycles. The second-order valence-electron chi connectivity index (χ2n) is 8.17. The van der Waals surface area contributed by atoms with Gasteiger partial charge in [-0.25, -0.2) is 4.98 Å². The minimum atomic E-state index is -0.445. The summed E-state index contributed by atoms with van der Waals surface area (Å²) in [7, 11) is 0. The highest BCUT2D eigenvalue weighted by Gasteiger charge is 2.26. The van der Waals surface area contributed by atoms with Gasteiger partial charge in [-0.1, -0.05) is 32.5 Å². The third kappa shape index (κ3) is 4.41. The van der Waals surface area contributed by atoms with Crippen molar-refractivity contribution in [3.05, 3.63) is 16.3 Å². The fraction of sp³-hybridized carbons (Fsp3) is 0.571. The smallest absolute Gasteiger partial charge is 0.325 e. The van der Waals surface area contributed by atoms with Crippen LogP contribution in [0.25, 0.3) is 15.9 Å². The number of nitrogens with zero attached hydrogens (tertiary/aromatic N) is 4. The molecule has 1 N–H and O–H groups in total. The van der Waals surface area contributed by atoms with E-state index < -0.39 is 5.97 Å². The number of amides is 1. The van der Waals surface area contributed by atoms with Gasteiger partial charge in [-0.2, -0.15) is 0 Å². The number of hydrogen-bond donors (Lipinski definition) is 1. The van der Waals surface area contributed by atoms with E-state index >= 15 is 0 Å². The maximum Gasteiger partial charge on any atom is 0.325 e. The number of aromatic nitrogens is 4. The van der Waals surface area contributed by atoms with Gasteiger partial charge in [0.05, 0.1) is 17.7 Å². The number of fused-ring (bicyclic) bond motifs is 5. The minimum absolute atomic E-state index is 0.132. The van der Waals surface area contributed by atoms with Crippen LogP contribution in [-0.2, 0) is 27.2 Å². The zero-order valence-electron chi connectivity index (χ0n) is 18.2. The fourth-order valence-corrected chi connectivity index (χ4v) is 6.04. The number of esters is 1. The van der Waals surface area contributed by atoms with Crippen LogP contribution < -0.4 is 5.32 Å². The highest BCUT2D eigenvalue weighted by atomic mass is 32.2. The van der Waals surface area contributed by atoms with E-state index in [1.54, 1.807) is 18.3 Å². The second-order valence-corrected chi connectivity index (χ2v) is 10.2. The van der Waals surface area contributed by atoms with Crippen molar-refractivity contribution < 1.29 is 14.3 Å². The van der Waals surface area contributed by atoms with Gasteiger partial charge in [0.1, 0.15) is 17.2 Å². The number of aryl methyl sites for hydroxylation is 1. The number of rotatable bonds is 7. The van der Waals surface area contributed by atoms with Gasteiger partial charge in [-0.3, -0.25) is 14.0 Å². The summed E-state index contributed by atoms with van der Waals surface area (Å²) in [4.78, 5) is 31.1. The van der Waals surface area contributed by atoms with Crippen molar-refractivity contribution in [2.24, 2.45) is 5.92 Å². The third-order valence-corrected chi connectivity index (χ3v) is 7.46. The number of carbonyl (C=O) groups excluding carboxylic acids is 2. The minimum Gasteiger partial charge on any atom is -0.465 e. The van der Waals surface area contributed by atoms with Gasteiger partial charge < -0.3 is 10.1 Å². The van der Waals surface area contributed by atoms with Crippen LogP contribution in [0.1, 0.15) is 56.3 Å². The molecule has 0 aliphatic heterocycles. The first-order chi connectivity index (χ1) is 14.9. The van der Waals surface area contributed by atoms with Crippen LogP contribution in [0.2, 0.25) is 0 Å². The predicted octanol–water partition coefficient (Wildman–Crippen LogP) is 3.36. The zero-order valence-corrected chi connectivity index (χ0v) is 19.9. The lowest BCUT2D eigenvalue weighted by molar-refractivity contribution is -0.143. The van der Waals surface area contributed by atoms with Gasteiger partial charge in [0.15, 0.2) is 10.8 Å². The van der Waals surface area contributed by atoms with Crippen LogP contribution in [-0.4, -0.2) is 50.4 Å². The van der Waals surface area contributed by atoms with Crippen LogP contribution in [0.15, 0.2) is 5.16 Å². The molecular weight excluding hydrogens is 434 g/mol. The second kappa shape index (κ2) is 9.12. The summed E-state index contributed by atoms with van der Waals surface area (Å²) in [5.74, 6) is 1.20. The molecule has 3 aromatic heterocycles. The summed E-state index contributed by atoms with van der Waals surface area (Å²) in [6.07, 6.45) is 3.31. The molecule has 3 aromatic rings. The maximum absolute atomic E-state index is 12.2. The van der Waals surface area contributed by atoms with Crippen LogP contribution in [0.4, 0.5) is 0 Å². The average molecular weight is 462 g/mol. The van der Waals surface area contributed by atoms with E-state index in [9.17, 15) is 9.59 Å². The molecule has 31 heavy (non-hydrogen) atoms. The maximum atomic E-state index is 12.2. The van der Waals surface area contributed by atoms with Gasteiger partial charge in [-0.15, -0.1) is 21.5 Å². The Kier molecular flexibility index (Phi) is 6.47. The molecule has 0 spiro atoms. The van der Waals surface area contributed by atoms with Gasteiger partial charge in [-0.05, 0) is 37.7 Å². The van der Waals surface area contributed by atoms with Gasteiger partial charge in [0.2, 0.25) is 5.91 Å². The molecule has 0 bridgehead atoms. The standard InChI is InChI=1S/C21H27N5O3S2/c1-5-29-16(28)9-22-15(27)10-30-21-25-24-19-17-13-7-6-12(4)8-14(13)31-20(17)23-18(11(2)3)26(19)21/h11-12H,5-10H2,1-4H3,(H,22,27). The van der Waals surface area contributed by atoms with E-state index in [4.69, 9.17) is 9.72 Å². The molecule has 0 radical (unpaired) electrons. The zero-order chi connectivity index (χ0) is 22.1. The largest absolute Gasteiger partial charge is 0.465 e. The summed E-state index contributed by atoms with van der Waals surface area (Å²) in [5.41, 5.74) is 2.19. The summed E-state index contributed by atoms with van der Waals surface area (Å²) in [6, 6.07) is 0. The van der Waals surface area contributed by atoms with Crippen LogP contribution >= 0.6 is 23.1 Å². The summed E-state index contributed by atoms with van der Waals surface area (Å²) >= 11 is 3.08. The van der Waals surface area contributed by atoms with E-state index in [0.29, 0.717) is 17.7 Å². The number of ether oxygens (including phenoxy) is 1. The van der Waals surface area contributed by atoms with Crippen molar-refractivity contribution in [1.29, 1.82) is 0 Å². The molecule has 0 fully saturated rings. The third-order valence-electron chi connectivity index (χ3n) is 5.38. The molecule has 4 rings (SSSR count). The Bertz CT molecular complexity index is 1140. The van der Waals surface area contributed by atoms with Gasteiger partial charge >= 0.3 is 5.97 Å². The molecule has 1 unspecified atom stereocenters. The lowest BCUT2D eigenvalue weighted by Gasteiger charge is -2.17. The molecular formula is C21H27N5O3S2. The highest BCUT2D eigenvalue weighted by molar-refractivity contribution is 7.99. The molecule has 1 aliphatic rings. The molecule has 1 aliphatic carbocycles. The topological polar surface area (TPSA) is 98.5 Å². The quantitative estimate of drug-likeness (QED) is 0.425. The molecule has 0 saturated heterocycles. The Morgan fingerprint density at radius 2 is 2.16 bits per heavy atom. The Morgan fingerprint density at radius 1 is 1.35 bits per heavy atom. The summed E-state index contributed by atoms with van der Waals surface area (Å²) < 4.78 is 6.83. The number of thiophene rings is 1. The molecule has 8 nitrogen and oxygen atoms in total. The summed E-state index contributed by atoms with van der Waals surface area (Å²) in [5, 5.41) is 13.3. The van der Waals surface area contributed by atoms with Crippen LogP contribution in [0, 0.1) is 5.92 Å². The molecule has 10 heteroatoms. The van der Waals surface area contributed by atoms with E-state index in [1.165, 1.54) is 28.6 Å². The first-order valence-electron chi connectivity index (χ1n) is 10.6. The SMILES string of the molecule is CCOC(=O)CNC(=O)CSc1nnc2c3c4c(sc3nc(C(C)C)n12)CC(C)CC4. The Labute approximate surface area is 189 Å². The number of carbonyl (C=O) groups is 2. The lowest BCUT2D eigenvalue weighted by atomic mass is 9.89.